The van der Waals surface area contributed by atoms with Gasteiger partial charge in [0.25, 0.3) is 11.5 Å². The van der Waals surface area contributed by atoms with E-state index in [9.17, 15) is 14.4 Å². The summed E-state index contributed by atoms with van der Waals surface area (Å²) < 4.78 is 11.7. The summed E-state index contributed by atoms with van der Waals surface area (Å²) in [7, 11) is 1.52. The van der Waals surface area contributed by atoms with Crippen LogP contribution in [-0.4, -0.2) is 28.0 Å². The fraction of sp³-hybridized carbons (Fsp3) is 0.130. The highest BCUT2D eigenvalue weighted by Crippen LogP contribution is 2.22. The molecule has 0 bridgehead atoms. The molecule has 0 spiro atoms. The second kappa shape index (κ2) is 8.27. The molecule has 1 N–H and O–H groups in total. The summed E-state index contributed by atoms with van der Waals surface area (Å²) in [5.41, 5.74) is 2.25. The van der Waals surface area contributed by atoms with Crippen molar-refractivity contribution < 1.29 is 18.7 Å². The van der Waals surface area contributed by atoms with Crippen molar-refractivity contribution in [1.29, 1.82) is 0 Å². The van der Waals surface area contributed by atoms with Gasteiger partial charge in [-0.25, -0.2) is 9.78 Å². The third kappa shape index (κ3) is 4.09. The van der Waals surface area contributed by atoms with Crippen LogP contribution in [0.4, 0.5) is 5.69 Å². The first-order valence-electron chi connectivity index (χ1n) is 9.51. The molecule has 31 heavy (non-hydrogen) atoms. The first kappa shape index (κ1) is 20.1. The quantitative estimate of drug-likeness (QED) is 0.500. The van der Waals surface area contributed by atoms with Crippen LogP contribution in [0.25, 0.3) is 22.2 Å². The number of carbonyl (C=O) groups excluding carboxylic acids is 2. The highest BCUT2D eigenvalue weighted by molar-refractivity contribution is 6.04. The molecule has 4 rings (SSSR count). The van der Waals surface area contributed by atoms with Crippen LogP contribution in [0.15, 0.2) is 70.1 Å². The number of ether oxygens (including phenoxy) is 1. The number of esters is 1. The van der Waals surface area contributed by atoms with Crippen molar-refractivity contribution in [3.63, 3.8) is 0 Å². The molecule has 0 fully saturated rings. The lowest BCUT2D eigenvalue weighted by atomic mass is 10.1. The lowest BCUT2D eigenvalue weighted by molar-refractivity contribution is -0.119. The van der Waals surface area contributed by atoms with E-state index in [0.717, 1.165) is 11.1 Å². The van der Waals surface area contributed by atoms with Crippen LogP contribution in [0.1, 0.15) is 16.1 Å². The summed E-state index contributed by atoms with van der Waals surface area (Å²) in [5, 5.41) is 2.71. The van der Waals surface area contributed by atoms with Crippen molar-refractivity contribution in [3.8, 4) is 11.1 Å². The van der Waals surface area contributed by atoms with E-state index in [1.165, 1.54) is 24.9 Å². The number of anilines is 1. The van der Waals surface area contributed by atoms with Gasteiger partial charge in [0.1, 0.15) is 23.0 Å². The standard InChI is InChI=1S/C23H19N3O5/c1-14-19(20-21(31-14)24-13-26(2)22(20)28)23(29)30-12-18(27)25-17-10-8-16(9-11-17)15-6-4-3-5-7-15/h3-11,13H,12H2,1-2H3,(H,25,27). The van der Waals surface area contributed by atoms with Crippen molar-refractivity contribution in [2.75, 3.05) is 11.9 Å². The van der Waals surface area contributed by atoms with Crippen LogP contribution in [0.5, 0.6) is 0 Å². The van der Waals surface area contributed by atoms with Gasteiger partial charge in [0, 0.05) is 12.7 Å². The maximum Gasteiger partial charge on any atom is 0.343 e. The normalized spacial score (nSPS) is 10.8. The maximum atomic E-state index is 12.5. The third-order valence-electron chi connectivity index (χ3n) is 4.76. The number of aryl methyl sites for hydroxylation is 2. The van der Waals surface area contributed by atoms with E-state index in [4.69, 9.17) is 9.15 Å². The maximum absolute atomic E-state index is 12.5. The van der Waals surface area contributed by atoms with E-state index in [1.807, 2.05) is 42.5 Å². The Hall–Kier alpha value is -4.20. The number of rotatable bonds is 5. The smallest absolute Gasteiger partial charge is 0.343 e. The lowest BCUT2D eigenvalue weighted by Crippen LogP contribution is -2.22. The molecule has 8 heteroatoms. The van der Waals surface area contributed by atoms with E-state index < -0.39 is 24.0 Å². The minimum Gasteiger partial charge on any atom is -0.452 e. The van der Waals surface area contributed by atoms with Gasteiger partial charge >= 0.3 is 5.97 Å². The number of benzene rings is 2. The molecule has 1 amide bonds. The second-order valence-corrected chi connectivity index (χ2v) is 6.94. The van der Waals surface area contributed by atoms with Gasteiger partial charge in [0.05, 0.1) is 0 Å². The molecule has 0 aliphatic rings. The van der Waals surface area contributed by atoms with Crippen LogP contribution >= 0.6 is 0 Å². The average molecular weight is 417 g/mol. The molecule has 0 unspecified atom stereocenters. The van der Waals surface area contributed by atoms with Gasteiger partial charge in [0.2, 0.25) is 5.71 Å². The van der Waals surface area contributed by atoms with Crippen LogP contribution in [0.3, 0.4) is 0 Å². The number of aromatic nitrogens is 2. The average Bonchev–Trinajstić information content (AvgIpc) is 3.12. The summed E-state index contributed by atoms with van der Waals surface area (Å²) in [6.45, 7) is 1.03. The lowest BCUT2D eigenvalue weighted by Gasteiger charge is -2.08. The van der Waals surface area contributed by atoms with Crippen LogP contribution in [0.2, 0.25) is 0 Å². The molecule has 8 nitrogen and oxygen atoms in total. The number of amides is 1. The molecular formula is C23H19N3O5. The Morgan fingerprint density at radius 2 is 1.74 bits per heavy atom. The van der Waals surface area contributed by atoms with Crippen molar-refractivity contribution in [2.24, 2.45) is 7.05 Å². The van der Waals surface area contributed by atoms with Crippen molar-refractivity contribution in [2.45, 2.75) is 6.92 Å². The molecule has 0 saturated carbocycles. The van der Waals surface area contributed by atoms with Gasteiger partial charge < -0.3 is 19.0 Å². The number of hydrogen-bond donors (Lipinski definition) is 1. The zero-order valence-electron chi connectivity index (χ0n) is 16.9. The summed E-state index contributed by atoms with van der Waals surface area (Å²) in [4.78, 5) is 41.1. The Bertz CT molecular complexity index is 1320. The minimum atomic E-state index is -0.823. The fourth-order valence-electron chi connectivity index (χ4n) is 3.21. The number of hydrogen-bond acceptors (Lipinski definition) is 6. The van der Waals surface area contributed by atoms with E-state index in [-0.39, 0.29) is 22.4 Å². The summed E-state index contributed by atoms with van der Waals surface area (Å²) in [5.74, 6) is -1.12. The van der Waals surface area contributed by atoms with Gasteiger partial charge in [-0.15, -0.1) is 0 Å². The van der Waals surface area contributed by atoms with E-state index >= 15 is 0 Å². The van der Waals surface area contributed by atoms with Gasteiger partial charge in [-0.2, -0.15) is 0 Å². The zero-order chi connectivity index (χ0) is 22.0. The zero-order valence-corrected chi connectivity index (χ0v) is 16.9. The molecule has 156 valence electrons. The van der Waals surface area contributed by atoms with Crippen LogP contribution in [-0.2, 0) is 16.6 Å². The Morgan fingerprint density at radius 3 is 2.45 bits per heavy atom. The largest absolute Gasteiger partial charge is 0.452 e. The first-order chi connectivity index (χ1) is 14.9. The molecule has 2 aromatic heterocycles. The van der Waals surface area contributed by atoms with E-state index in [1.54, 1.807) is 12.1 Å². The Labute approximate surface area is 177 Å². The molecule has 0 atom stereocenters. The van der Waals surface area contributed by atoms with E-state index in [0.29, 0.717) is 5.69 Å². The van der Waals surface area contributed by atoms with Crippen molar-refractivity contribution in [3.05, 3.63) is 82.6 Å². The van der Waals surface area contributed by atoms with Gasteiger partial charge in [-0.3, -0.25) is 9.59 Å². The Morgan fingerprint density at radius 1 is 1.06 bits per heavy atom. The van der Waals surface area contributed by atoms with Crippen molar-refractivity contribution in [1.82, 2.24) is 9.55 Å². The molecule has 2 heterocycles. The number of carbonyl (C=O) groups is 2. The molecular weight excluding hydrogens is 398 g/mol. The second-order valence-electron chi connectivity index (χ2n) is 6.94. The van der Waals surface area contributed by atoms with Crippen LogP contribution in [0, 0.1) is 6.92 Å². The Balaban J connectivity index is 1.42. The summed E-state index contributed by atoms with van der Waals surface area (Å²) >= 11 is 0. The van der Waals surface area contributed by atoms with Crippen LogP contribution < -0.4 is 10.9 Å². The fourth-order valence-corrected chi connectivity index (χ4v) is 3.21. The number of nitrogens with zero attached hydrogens (tertiary/aromatic N) is 2. The molecule has 0 aliphatic carbocycles. The van der Waals surface area contributed by atoms with Crippen molar-refractivity contribution >= 4 is 28.7 Å². The topological polar surface area (TPSA) is 103 Å². The molecule has 0 aliphatic heterocycles. The molecule has 0 saturated heterocycles. The first-order valence-corrected chi connectivity index (χ1v) is 9.51. The molecule has 0 radical (unpaired) electrons. The predicted molar refractivity (Wildman–Crippen MR) is 115 cm³/mol. The molecule has 4 aromatic rings. The number of nitrogens with one attached hydrogen (secondary N) is 1. The summed E-state index contributed by atoms with van der Waals surface area (Å²) in [6.07, 6.45) is 1.30. The monoisotopic (exact) mass is 417 g/mol. The predicted octanol–water partition coefficient (Wildman–Crippen LogP) is 3.30. The van der Waals surface area contributed by atoms with E-state index in [2.05, 4.69) is 10.3 Å². The highest BCUT2D eigenvalue weighted by Gasteiger charge is 2.24. The van der Waals surface area contributed by atoms with Gasteiger partial charge in [-0.05, 0) is 30.2 Å². The third-order valence-corrected chi connectivity index (χ3v) is 4.76. The number of furan rings is 1. The Kier molecular flexibility index (Phi) is 5.36. The SMILES string of the molecule is Cc1oc2ncn(C)c(=O)c2c1C(=O)OCC(=O)Nc1ccc(-c2ccccc2)cc1. The minimum absolute atomic E-state index is 0.0243. The van der Waals surface area contributed by atoms with Gasteiger partial charge in [-0.1, -0.05) is 42.5 Å². The number of fused-ring (bicyclic) bond motifs is 1. The highest BCUT2D eigenvalue weighted by atomic mass is 16.5. The summed E-state index contributed by atoms with van der Waals surface area (Å²) in [6, 6.07) is 17.2. The molecule has 2 aromatic carbocycles. The van der Waals surface area contributed by atoms with Gasteiger partial charge in [0.15, 0.2) is 6.61 Å².